The molecule has 7 nitrogen and oxygen atoms in total. The lowest BCUT2D eigenvalue weighted by atomic mass is 9.73. The number of amides is 1. The van der Waals surface area contributed by atoms with Crippen molar-refractivity contribution in [2.24, 2.45) is 5.41 Å². The number of carbonyl (C=O) groups excluding carboxylic acids is 1. The number of nitrogens with zero attached hydrogens (tertiary/aromatic N) is 4. The number of aryl methyl sites for hydroxylation is 1. The van der Waals surface area contributed by atoms with Crippen molar-refractivity contribution in [3.63, 3.8) is 0 Å². The number of hydrogen-bond donors (Lipinski definition) is 0. The zero-order chi connectivity index (χ0) is 30.0. The Morgan fingerprint density at radius 3 is 2.30 bits per heavy atom. The fourth-order valence-electron chi connectivity index (χ4n) is 7.23. The summed E-state index contributed by atoms with van der Waals surface area (Å²) in [6.45, 7) is 8.48. The number of hydrogen-bond acceptors (Lipinski definition) is 6. The Kier molecular flexibility index (Phi) is 10.5. The minimum absolute atomic E-state index is 0.0906. The number of benzene rings is 2. The second-order valence-corrected chi connectivity index (χ2v) is 13.0. The minimum Gasteiger partial charge on any atom is -0.492 e. The summed E-state index contributed by atoms with van der Waals surface area (Å²) >= 11 is 0. The molecule has 0 aliphatic carbocycles. The molecule has 44 heavy (non-hydrogen) atoms. The Labute approximate surface area is 263 Å². The summed E-state index contributed by atoms with van der Waals surface area (Å²) in [6, 6.07) is 21.0. The Balaban J connectivity index is 1.06. The van der Waals surface area contributed by atoms with Crippen molar-refractivity contribution in [2.75, 3.05) is 52.5 Å². The van der Waals surface area contributed by atoms with Gasteiger partial charge in [0.25, 0.3) is 5.91 Å². The van der Waals surface area contributed by atoms with Gasteiger partial charge in [0, 0.05) is 51.7 Å². The summed E-state index contributed by atoms with van der Waals surface area (Å²) in [7, 11) is 0. The highest BCUT2D eigenvalue weighted by Gasteiger charge is 2.37. The molecule has 0 radical (unpaired) electrons. The maximum Gasteiger partial charge on any atom is 0.260 e. The van der Waals surface area contributed by atoms with Crippen molar-refractivity contribution in [1.29, 1.82) is 0 Å². The largest absolute Gasteiger partial charge is 0.492 e. The molecule has 0 N–H and O–H groups in total. The van der Waals surface area contributed by atoms with Gasteiger partial charge in [-0.15, -0.1) is 0 Å². The number of likely N-dealkylation sites (tertiary alicyclic amines) is 2. The van der Waals surface area contributed by atoms with Crippen LogP contribution in [0.15, 0.2) is 73.1 Å². The Morgan fingerprint density at radius 1 is 0.773 bits per heavy atom. The van der Waals surface area contributed by atoms with Crippen LogP contribution in [0.2, 0.25) is 0 Å². The number of fused-ring (bicyclic) bond motifs is 1. The molecular weight excluding hydrogens is 548 g/mol. The smallest absolute Gasteiger partial charge is 0.260 e. The van der Waals surface area contributed by atoms with Crippen LogP contribution in [-0.2, 0) is 24.3 Å². The number of aromatic nitrogens is 1. The number of carbonyl (C=O) groups is 1. The van der Waals surface area contributed by atoms with Crippen LogP contribution in [0.3, 0.4) is 0 Å². The molecule has 0 saturated carbocycles. The predicted molar refractivity (Wildman–Crippen MR) is 174 cm³/mol. The van der Waals surface area contributed by atoms with Crippen molar-refractivity contribution >= 4 is 5.91 Å². The van der Waals surface area contributed by atoms with Crippen molar-refractivity contribution in [2.45, 2.75) is 64.5 Å². The van der Waals surface area contributed by atoms with Gasteiger partial charge in [0.15, 0.2) is 6.61 Å². The summed E-state index contributed by atoms with van der Waals surface area (Å²) in [5, 5.41) is 0. The quantitative estimate of drug-likeness (QED) is 0.335. The molecule has 3 aromatic rings. The fraction of sp³-hybridized carbons (Fsp3) is 0.514. The monoisotopic (exact) mass is 596 g/mol. The Hall–Kier alpha value is -3.42. The van der Waals surface area contributed by atoms with Gasteiger partial charge in [-0.25, -0.2) is 0 Å². The van der Waals surface area contributed by atoms with Gasteiger partial charge in [-0.2, -0.15) is 0 Å². The fourth-order valence-corrected chi connectivity index (χ4v) is 7.23. The van der Waals surface area contributed by atoms with Gasteiger partial charge >= 0.3 is 0 Å². The molecule has 0 atom stereocenters. The lowest BCUT2D eigenvalue weighted by molar-refractivity contribution is -0.136. The molecule has 1 aromatic heterocycles. The van der Waals surface area contributed by atoms with E-state index in [1.807, 2.05) is 29.4 Å². The summed E-state index contributed by atoms with van der Waals surface area (Å²) in [6.07, 6.45) is 13.0. The molecule has 3 aliphatic rings. The maximum atomic E-state index is 13.2. The number of rotatable bonds is 7. The van der Waals surface area contributed by atoms with E-state index in [0.717, 1.165) is 76.5 Å². The highest BCUT2D eigenvalue weighted by Crippen LogP contribution is 2.39. The standard InChI is InChI=1S/C37H48N4O3/c42-36(29-44-34-12-10-31(11-13-34)27-39-21-5-6-22-39)41-23-17-37(18-24-41)16-4-3-8-33-7-1-2-9-35(33)43-26-25-40(30-37)28-32-14-19-38-20-15-32/h1-2,7,9-15,19-20H,3-6,8,16-18,21-30H2. The van der Waals surface area contributed by atoms with Gasteiger partial charge in [0.2, 0.25) is 0 Å². The van der Waals surface area contributed by atoms with Crippen LogP contribution in [0.25, 0.3) is 0 Å². The van der Waals surface area contributed by atoms with E-state index in [-0.39, 0.29) is 17.9 Å². The molecule has 0 bridgehead atoms. The van der Waals surface area contributed by atoms with E-state index in [9.17, 15) is 4.79 Å². The molecule has 7 heteroatoms. The molecule has 1 spiro atoms. The summed E-state index contributed by atoms with van der Waals surface area (Å²) < 4.78 is 12.3. The SMILES string of the molecule is O=C(COc1ccc(CN2CCCC2)cc1)N1CCC2(CCCCc3ccccc3OCCN(Cc3ccncc3)C2)CC1. The summed E-state index contributed by atoms with van der Waals surface area (Å²) in [5.41, 5.74) is 4.08. The van der Waals surface area contributed by atoms with Crippen LogP contribution in [0.5, 0.6) is 11.5 Å². The molecule has 3 aliphatic heterocycles. The number of pyridine rings is 1. The molecule has 234 valence electrons. The number of piperidine rings is 1. The number of para-hydroxylation sites is 1. The van der Waals surface area contributed by atoms with Gasteiger partial charge in [0.1, 0.15) is 18.1 Å². The zero-order valence-electron chi connectivity index (χ0n) is 26.2. The molecule has 1 amide bonds. The van der Waals surface area contributed by atoms with Crippen LogP contribution in [-0.4, -0.2) is 78.1 Å². The summed E-state index contributed by atoms with van der Waals surface area (Å²) in [4.78, 5) is 24.5. The van der Waals surface area contributed by atoms with Crippen LogP contribution >= 0.6 is 0 Å². The summed E-state index contributed by atoms with van der Waals surface area (Å²) in [5.74, 6) is 1.89. The molecule has 2 saturated heterocycles. The molecule has 0 unspecified atom stereocenters. The van der Waals surface area contributed by atoms with Crippen molar-refractivity contribution < 1.29 is 14.3 Å². The van der Waals surface area contributed by atoms with Gasteiger partial charge < -0.3 is 14.4 Å². The lowest BCUT2D eigenvalue weighted by Crippen LogP contribution is -2.49. The van der Waals surface area contributed by atoms with Gasteiger partial charge in [-0.1, -0.05) is 36.8 Å². The molecular formula is C37H48N4O3. The first kappa shape index (κ1) is 30.6. The van der Waals surface area contributed by atoms with E-state index >= 15 is 0 Å². The van der Waals surface area contributed by atoms with Crippen molar-refractivity contribution in [3.8, 4) is 11.5 Å². The van der Waals surface area contributed by atoms with Crippen molar-refractivity contribution in [1.82, 2.24) is 19.7 Å². The zero-order valence-corrected chi connectivity index (χ0v) is 26.2. The van der Waals surface area contributed by atoms with Crippen LogP contribution in [0, 0.1) is 5.41 Å². The highest BCUT2D eigenvalue weighted by molar-refractivity contribution is 5.77. The third kappa shape index (κ3) is 8.39. The van der Waals surface area contributed by atoms with Crippen molar-refractivity contribution in [3.05, 3.63) is 89.7 Å². The second-order valence-electron chi connectivity index (χ2n) is 13.0. The second kappa shape index (κ2) is 15.0. The third-order valence-corrected chi connectivity index (χ3v) is 9.82. The minimum atomic E-state index is 0.0906. The highest BCUT2D eigenvalue weighted by atomic mass is 16.5. The third-order valence-electron chi connectivity index (χ3n) is 9.82. The maximum absolute atomic E-state index is 13.2. The van der Waals surface area contributed by atoms with E-state index in [1.54, 1.807) is 0 Å². The van der Waals surface area contributed by atoms with Gasteiger partial charge in [0.05, 0.1) is 0 Å². The van der Waals surface area contributed by atoms with Gasteiger partial charge in [-0.3, -0.25) is 19.6 Å². The van der Waals surface area contributed by atoms with Gasteiger partial charge in [-0.05, 0) is 110 Å². The van der Waals surface area contributed by atoms with E-state index in [1.165, 1.54) is 55.5 Å². The molecule has 2 aromatic carbocycles. The van der Waals surface area contributed by atoms with Crippen LogP contribution < -0.4 is 9.47 Å². The average molecular weight is 597 g/mol. The van der Waals surface area contributed by atoms with E-state index in [4.69, 9.17) is 9.47 Å². The molecule has 2 fully saturated rings. The van der Waals surface area contributed by atoms with E-state index in [2.05, 4.69) is 63.3 Å². The van der Waals surface area contributed by atoms with Crippen LogP contribution in [0.4, 0.5) is 0 Å². The molecule has 6 rings (SSSR count). The average Bonchev–Trinajstić information content (AvgIpc) is 3.57. The first-order chi connectivity index (χ1) is 21.6. The topological polar surface area (TPSA) is 58.1 Å². The number of ether oxygens (including phenoxy) is 2. The Bertz CT molecular complexity index is 1320. The van der Waals surface area contributed by atoms with E-state index in [0.29, 0.717) is 6.61 Å². The van der Waals surface area contributed by atoms with E-state index < -0.39 is 0 Å². The normalized spacial score (nSPS) is 19.9. The first-order valence-corrected chi connectivity index (χ1v) is 16.7. The van der Waals surface area contributed by atoms with Crippen LogP contribution in [0.1, 0.15) is 61.6 Å². The Morgan fingerprint density at radius 2 is 1.50 bits per heavy atom. The lowest BCUT2D eigenvalue weighted by Gasteiger charge is -2.45. The predicted octanol–water partition coefficient (Wildman–Crippen LogP) is 5.97. The first-order valence-electron chi connectivity index (χ1n) is 16.7. The molecule has 4 heterocycles.